The maximum Gasteiger partial charge on any atom is 0.243 e. The van der Waals surface area contributed by atoms with Crippen molar-refractivity contribution in [3.8, 4) is 0 Å². The summed E-state index contributed by atoms with van der Waals surface area (Å²) in [6.45, 7) is 0. The third kappa shape index (κ3) is 3.43. The molecule has 1 saturated heterocycles. The second-order valence-electron chi connectivity index (χ2n) is 6.24. The van der Waals surface area contributed by atoms with Gasteiger partial charge in [0.05, 0.1) is 0 Å². The highest BCUT2D eigenvalue weighted by molar-refractivity contribution is 7.98. The van der Waals surface area contributed by atoms with Crippen LogP contribution in [0, 0.1) is 0 Å². The molecule has 128 valence electrons. The minimum Gasteiger partial charge on any atom is -0.350 e. The molecule has 2 heterocycles. The fraction of sp³-hybridized carbons (Fsp3) is 0.444. The van der Waals surface area contributed by atoms with Gasteiger partial charge in [-0.1, -0.05) is 18.2 Å². The number of aromatic nitrogens is 1. The number of benzene rings is 1. The topological polar surface area (TPSA) is 63.1 Å². The summed E-state index contributed by atoms with van der Waals surface area (Å²) in [7, 11) is 1.99. The number of fused-ring (bicyclic) bond motifs is 1. The maximum atomic E-state index is 12.4. The smallest absolute Gasteiger partial charge is 0.243 e. The van der Waals surface area contributed by atoms with Gasteiger partial charge in [-0.15, -0.1) is 0 Å². The molecule has 1 fully saturated rings. The third-order valence-electron chi connectivity index (χ3n) is 4.51. The second kappa shape index (κ2) is 7.30. The van der Waals surface area contributed by atoms with E-state index in [1.807, 2.05) is 31.6 Å². The maximum absolute atomic E-state index is 12.4. The highest BCUT2D eigenvalue weighted by atomic mass is 32.2. The first-order chi connectivity index (χ1) is 11.6. The van der Waals surface area contributed by atoms with Crippen LogP contribution in [-0.4, -0.2) is 40.5 Å². The van der Waals surface area contributed by atoms with E-state index in [-0.39, 0.29) is 11.8 Å². The Morgan fingerprint density at radius 3 is 2.62 bits per heavy atom. The van der Waals surface area contributed by atoms with Crippen LogP contribution in [0.3, 0.4) is 0 Å². The lowest BCUT2D eigenvalue weighted by Crippen LogP contribution is -2.62. The molecular weight excluding hydrogens is 322 g/mol. The highest BCUT2D eigenvalue weighted by Gasteiger charge is 2.33. The van der Waals surface area contributed by atoms with Crippen LogP contribution < -0.4 is 10.6 Å². The molecule has 0 radical (unpaired) electrons. The Hall–Kier alpha value is -1.95. The molecule has 2 amide bonds. The number of nitrogens with one attached hydrogen (secondary N) is 2. The van der Waals surface area contributed by atoms with Gasteiger partial charge in [-0.3, -0.25) is 9.59 Å². The van der Waals surface area contributed by atoms with Gasteiger partial charge in [-0.25, -0.2) is 0 Å². The third-order valence-corrected chi connectivity index (χ3v) is 5.21. The molecule has 0 saturated carbocycles. The first kappa shape index (κ1) is 16.9. The number of thioether (sulfide) groups is 1. The van der Waals surface area contributed by atoms with Crippen molar-refractivity contribution in [3.05, 3.63) is 36.0 Å². The van der Waals surface area contributed by atoms with Gasteiger partial charge in [0.15, 0.2) is 0 Å². The zero-order chi connectivity index (χ0) is 17.1. The van der Waals surface area contributed by atoms with Crippen LogP contribution in [0.4, 0.5) is 0 Å². The van der Waals surface area contributed by atoms with Crippen LogP contribution in [0.25, 0.3) is 10.9 Å². The van der Waals surface area contributed by atoms with Gasteiger partial charge in [0.1, 0.15) is 12.1 Å². The molecule has 6 heteroatoms. The molecule has 0 bridgehead atoms. The molecule has 2 N–H and O–H groups in total. The van der Waals surface area contributed by atoms with Gasteiger partial charge < -0.3 is 15.2 Å². The van der Waals surface area contributed by atoms with E-state index < -0.39 is 12.1 Å². The first-order valence-corrected chi connectivity index (χ1v) is 9.62. The Balaban J connectivity index is 1.70. The summed E-state index contributed by atoms with van der Waals surface area (Å²) in [5.74, 6) is 0.844. The van der Waals surface area contributed by atoms with Crippen molar-refractivity contribution in [3.63, 3.8) is 0 Å². The van der Waals surface area contributed by atoms with Crippen molar-refractivity contribution in [2.45, 2.75) is 31.3 Å². The normalized spacial score (nSPS) is 20.9. The minimum absolute atomic E-state index is 0.0686. The average Bonchev–Trinajstić information content (AvgIpc) is 2.89. The Bertz CT molecular complexity index is 756. The number of hydrogen-bond donors (Lipinski definition) is 2. The summed E-state index contributed by atoms with van der Waals surface area (Å²) >= 11 is 1.75. The van der Waals surface area contributed by atoms with E-state index >= 15 is 0 Å². The number of nitrogens with zero attached hydrogens (tertiary/aromatic N) is 1. The number of rotatable bonds is 6. The molecule has 2 aromatic rings. The lowest BCUT2D eigenvalue weighted by molar-refractivity contribution is -0.136. The number of carbonyl (C=O) groups excluding carboxylic acids is 2. The average molecular weight is 345 g/mol. The largest absolute Gasteiger partial charge is 0.350 e. The molecule has 1 aliphatic heterocycles. The Morgan fingerprint density at radius 2 is 1.83 bits per heavy atom. The summed E-state index contributed by atoms with van der Waals surface area (Å²) < 4.78 is 2.05. The molecular formula is C18H23N3O2S. The molecule has 0 spiro atoms. The van der Waals surface area contributed by atoms with Crippen molar-refractivity contribution in [2.75, 3.05) is 12.0 Å². The number of hydrogen-bond acceptors (Lipinski definition) is 3. The zero-order valence-corrected chi connectivity index (χ0v) is 14.9. The van der Waals surface area contributed by atoms with Crippen LogP contribution in [0.15, 0.2) is 30.5 Å². The van der Waals surface area contributed by atoms with Crippen molar-refractivity contribution in [1.82, 2.24) is 15.2 Å². The van der Waals surface area contributed by atoms with Gasteiger partial charge in [0, 0.05) is 30.6 Å². The van der Waals surface area contributed by atoms with Crippen LogP contribution >= 0.6 is 11.8 Å². The van der Waals surface area contributed by atoms with Gasteiger partial charge in [0.25, 0.3) is 0 Å². The van der Waals surface area contributed by atoms with Crippen LogP contribution in [0.5, 0.6) is 0 Å². The summed E-state index contributed by atoms with van der Waals surface area (Å²) in [5, 5.41) is 6.91. The summed E-state index contributed by atoms with van der Waals surface area (Å²) in [4.78, 5) is 24.7. The predicted molar refractivity (Wildman–Crippen MR) is 98.1 cm³/mol. The number of aryl methyl sites for hydroxylation is 1. The second-order valence-corrected chi connectivity index (χ2v) is 7.23. The zero-order valence-electron chi connectivity index (χ0n) is 14.0. The van der Waals surface area contributed by atoms with E-state index in [1.54, 1.807) is 11.8 Å². The van der Waals surface area contributed by atoms with E-state index in [0.717, 1.165) is 28.6 Å². The fourth-order valence-electron chi connectivity index (χ4n) is 3.26. The van der Waals surface area contributed by atoms with Crippen LogP contribution in [-0.2, 0) is 23.1 Å². The number of para-hydroxylation sites is 1. The van der Waals surface area contributed by atoms with Crippen molar-refractivity contribution in [1.29, 1.82) is 0 Å². The first-order valence-electron chi connectivity index (χ1n) is 8.22. The van der Waals surface area contributed by atoms with Crippen molar-refractivity contribution in [2.24, 2.45) is 7.05 Å². The Morgan fingerprint density at radius 1 is 1.12 bits per heavy atom. The monoisotopic (exact) mass is 345 g/mol. The molecule has 5 nitrogen and oxygen atoms in total. The summed E-state index contributed by atoms with van der Waals surface area (Å²) in [6, 6.07) is 7.21. The van der Waals surface area contributed by atoms with Gasteiger partial charge in [-0.05, 0) is 36.5 Å². The standard InChI is InChI=1S/C18H23N3O2S/c1-21-11-12(13-6-3-4-8-16(13)21)10-15-18(23)19-14(17(22)20-15)7-5-9-24-2/h3-4,6,8,11,14-15H,5,7,9-10H2,1-2H3,(H,19,23)(H,20,22)/t14-,15-/m1/s1. The van der Waals surface area contributed by atoms with Crippen molar-refractivity contribution < 1.29 is 9.59 Å². The minimum atomic E-state index is -0.500. The van der Waals surface area contributed by atoms with Gasteiger partial charge >= 0.3 is 0 Å². The van der Waals surface area contributed by atoms with E-state index in [4.69, 9.17) is 0 Å². The van der Waals surface area contributed by atoms with Gasteiger partial charge in [0.2, 0.25) is 11.8 Å². The summed E-state index contributed by atoms with van der Waals surface area (Å²) in [5.41, 5.74) is 2.21. The molecule has 2 atom stereocenters. The highest BCUT2D eigenvalue weighted by Crippen LogP contribution is 2.22. The Kier molecular flexibility index (Phi) is 5.14. The number of carbonyl (C=O) groups is 2. The molecule has 1 aromatic heterocycles. The fourth-order valence-corrected chi connectivity index (χ4v) is 3.72. The SMILES string of the molecule is CSCCC[C@H]1NC(=O)[C@@H](Cc2cn(C)c3ccccc23)NC1=O. The molecule has 0 aliphatic carbocycles. The van der Waals surface area contributed by atoms with E-state index in [1.165, 1.54) is 0 Å². The van der Waals surface area contributed by atoms with E-state index in [9.17, 15) is 9.59 Å². The Labute approximate surface area is 146 Å². The van der Waals surface area contributed by atoms with Crippen molar-refractivity contribution >= 4 is 34.5 Å². The van der Waals surface area contributed by atoms with Gasteiger partial charge in [-0.2, -0.15) is 11.8 Å². The number of piperazine rings is 1. The van der Waals surface area contributed by atoms with E-state index in [2.05, 4.69) is 27.3 Å². The summed E-state index contributed by atoms with van der Waals surface area (Å²) in [6.07, 6.45) is 6.21. The molecule has 0 unspecified atom stereocenters. The molecule has 1 aromatic carbocycles. The molecule has 24 heavy (non-hydrogen) atoms. The van der Waals surface area contributed by atoms with Crippen LogP contribution in [0.2, 0.25) is 0 Å². The molecule has 3 rings (SSSR count). The quantitative estimate of drug-likeness (QED) is 0.786. The predicted octanol–water partition coefficient (Wildman–Crippen LogP) is 1.85. The lowest BCUT2D eigenvalue weighted by atomic mass is 10.00. The number of amides is 2. The van der Waals surface area contributed by atoms with Crippen LogP contribution in [0.1, 0.15) is 18.4 Å². The lowest BCUT2D eigenvalue weighted by Gasteiger charge is -2.29. The molecule has 1 aliphatic rings. The van der Waals surface area contributed by atoms with E-state index in [0.29, 0.717) is 12.8 Å².